The van der Waals surface area contributed by atoms with Crippen molar-refractivity contribution in [1.82, 2.24) is 0 Å². The first-order chi connectivity index (χ1) is 9.02. The van der Waals surface area contributed by atoms with Gasteiger partial charge < -0.3 is 14.2 Å². The number of hydrogen-bond acceptors (Lipinski definition) is 4. The fourth-order valence-corrected chi connectivity index (χ4v) is 1.34. The molecular formula is C15H30O4. The minimum atomic E-state index is -0.125. The maximum absolute atomic E-state index is 11.3. The fraction of sp³-hybridized carbons (Fsp3) is 0.933. The van der Waals surface area contributed by atoms with Gasteiger partial charge in [-0.25, -0.2) is 0 Å². The van der Waals surface area contributed by atoms with Gasteiger partial charge in [-0.15, -0.1) is 0 Å². The Hall–Kier alpha value is -0.610. The first-order valence-corrected chi connectivity index (χ1v) is 7.33. The molecule has 0 bridgehead atoms. The van der Waals surface area contributed by atoms with Crippen LogP contribution in [0.5, 0.6) is 0 Å². The van der Waals surface area contributed by atoms with Crippen LogP contribution in [-0.4, -0.2) is 39.0 Å². The van der Waals surface area contributed by atoms with Crippen molar-refractivity contribution in [2.24, 2.45) is 11.8 Å². The van der Waals surface area contributed by atoms with Crippen molar-refractivity contribution < 1.29 is 19.0 Å². The molecule has 4 heteroatoms. The van der Waals surface area contributed by atoms with E-state index in [4.69, 9.17) is 14.2 Å². The number of carbonyl (C=O) groups excluding carboxylic acids is 1. The predicted molar refractivity (Wildman–Crippen MR) is 76.1 cm³/mol. The molecule has 0 aliphatic carbocycles. The second-order valence-electron chi connectivity index (χ2n) is 5.59. The zero-order valence-electron chi connectivity index (χ0n) is 12.9. The van der Waals surface area contributed by atoms with Crippen LogP contribution in [0.2, 0.25) is 0 Å². The fourth-order valence-electron chi connectivity index (χ4n) is 1.34. The van der Waals surface area contributed by atoms with Crippen LogP contribution in [0.25, 0.3) is 0 Å². The molecule has 0 heterocycles. The second kappa shape index (κ2) is 12.4. The van der Waals surface area contributed by atoms with Gasteiger partial charge in [-0.2, -0.15) is 0 Å². The summed E-state index contributed by atoms with van der Waals surface area (Å²) >= 11 is 0. The van der Waals surface area contributed by atoms with Gasteiger partial charge in [0.2, 0.25) is 0 Å². The summed E-state index contributed by atoms with van der Waals surface area (Å²) in [4.78, 5) is 11.3. The van der Waals surface area contributed by atoms with Gasteiger partial charge in [0.15, 0.2) is 0 Å². The molecule has 0 aliphatic heterocycles. The molecule has 19 heavy (non-hydrogen) atoms. The SMILES string of the molecule is CC(C)CCOC(=O)CCCOCCOCC(C)C. The van der Waals surface area contributed by atoms with Crippen LogP contribution < -0.4 is 0 Å². The molecule has 0 aromatic heterocycles. The molecule has 0 unspecified atom stereocenters. The normalized spacial score (nSPS) is 11.3. The standard InChI is InChI=1S/C15H30O4/c1-13(2)7-9-19-15(16)6-5-8-17-10-11-18-12-14(3)4/h13-14H,5-12H2,1-4H3. The first-order valence-electron chi connectivity index (χ1n) is 7.33. The Morgan fingerprint density at radius 1 is 0.895 bits per heavy atom. The average molecular weight is 274 g/mol. The number of esters is 1. The maximum atomic E-state index is 11.3. The highest BCUT2D eigenvalue weighted by atomic mass is 16.5. The quantitative estimate of drug-likeness (QED) is 0.405. The summed E-state index contributed by atoms with van der Waals surface area (Å²) in [6.07, 6.45) is 2.07. The number of ether oxygens (including phenoxy) is 3. The predicted octanol–water partition coefficient (Wildman–Crippen LogP) is 3.05. The summed E-state index contributed by atoms with van der Waals surface area (Å²) in [7, 11) is 0. The molecule has 0 fully saturated rings. The van der Waals surface area contributed by atoms with E-state index in [1.165, 1.54) is 0 Å². The van der Waals surface area contributed by atoms with Crippen molar-refractivity contribution in [1.29, 1.82) is 0 Å². The molecule has 4 nitrogen and oxygen atoms in total. The summed E-state index contributed by atoms with van der Waals surface area (Å²) in [6.45, 7) is 11.6. The van der Waals surface area contributed by atoms with Gasteiger partial charge in [0.05, 0.1) is 19.8 Å². The zero-order chi connectivity index (χ0) is 14.5. The van der Waals surface area contributed by atoms with Crippen molar-refractivity contribution in [2.45, 2.75) is 47.0 Å². The second-order valence-corrected chi connectivity index (χ2v) is 5.59. The molecule has 0 rings (SSSR count). The molecule has 114 valence electrons. The van der Waals surface area contributed by atoms with E-state index in [1.807, 2.05) is 0 Å². The number of carbonyl (C=O) groups is 1. The molecule has 0 amide bonds. The summed E-state index contributed by atoms with van der Waals surface area (Å²) in [5, 5.41) is 0. The van der Waals surface area contributed by atoms with E-state index in [2.05, 4.69) is 27.7 Å². The molecule has 0 N–H and O–H groups in total. The van der Waals surface area contributed by atoms with Crippen molar-refractivity contribution in [3.63, 3.8) is 0 Å². The van der Waals surface area contributed by atoms with Crippen LogP contribution in [0.1, 0.15) is 47.0 Å². The van der Waals surface area contributed by atoms with Gasteiger partial charge in [0.1, 0.15) is 0 Å². The third kappa shape index (κ3) is 15.3. The van der Waals surface area contributed by atoms with Gasteiger partial charge in [-0.3, -0.25) is 4.79 Å². The third-order valence-corrected chi connectivity index (χ3v) is 2.45. The van der Waals surface area contributed by atoms with Gasteiger partial charge in [0, 0.05) is 19.6 Å². The van der Waals surface area contributed by atoms with Crippen molar-refractivity contribution in [3.8, 4) is 0 Å². The zero-order valence-corrected chi connectivity index (χ0v) is 12.9. The largest absolute Gasteiger partial charge is 0.466 e. The van der Waals surface area contributed by atoms with Crippen LogP contribution in [0.4, 0.5) is 0 Å². The van der Waals surface area contributed by atoms with Crippen molar-refractivity contribution in [2.75, 3.05) is 33.0 Å². The van der Waals surface area contributed by atoms with Crippen LogP contribution in [0.15, 0.2) is 0 Å². The highest BCUT2D eigenvalue weighted by molar-refractivity contribution is 5.69. The summed E-state index contributed by atoms with van der Waals surface area (Å²) in [5.74, 6) is 1.00. The Balaban J connectivity index is 3.18. The van der Waals surface area contributed by atoms with Crippen LogP contribution in [0.3, 0.4) is 0 Å². The minimum Gasteiger partial charge on any atom is -0.466 e. The summed E-state index contributed by atoms with van der Waals surface area (Å²) < 4.78 is 15.9. The Labute approximate surface area is 117 Å². The first kappa shape index (κ1) is 18.4. The topological polar surface area (TPSA) is 44.8 Å². The lowest BCUT2D eigenvalue weighted by molar-refractivity contribution is -0.144. The molecule has 0 radical (unpaired) electrons. The Morgan fingerprint density at radius 2 is 1.58 bits per heavy atom. The lowest BCUT2D eigenvalue weighted by Gasteiger charge is -2.08. The number of rotatable bonds is 12. The minimum absolute atomic E-state index is 0.125. The van der Waals surface area contributed by atoms with Gasteiger partial charge >= 0.3 is 5.97 Å². The van der Waals surface area contributed by atoms with Gasteiger partial charge in [-0.1, -0.05) is 27.7 Å². The molecule has 0 aromatic rings. The van der Waals surface area contributed by atoms with Crippen LogP contribution >= 0.6 is 0 Å². The molecule has 0 atom stereocenters. The maximum Gasteiger partial charge on any atom is 0.305 e. The Morgan fingerprint density at radius 3 is 2.21 bits per heavy atom. The van der Waals surface area contributed by atoms with E-state index in [0.717, 1.165) is 13.0 Å². The molecule has 0 saturated heterocycles. The van der Waals surface area contributed by atoms with E-state index >= 15 is 0 Å². The molecule has 0 spiro atoms. The lowest BCUT2D eigenvalue weighted by Crippen LogP contribution is -2.11. The summed E-state index contributed by atoms with van der Waals surface area (Å²) in [6, 6.07) is 0. The molecule has 0 aliphatic rings. The molecular weight excluding hydrogens is 244 g/mol. The Kier molecular flexibility index (Phi) is 12.0. The Bertz CT molecular complexity index is 214. The smallest absolute Gasteiger partial charge is 0.305 e. The lowest BCUT2D eigenvalue weighted by atomic mass is 10.1. The van der Waals surface area contributed by atoms with E-state index < -0.39 is 0 Å². The van der Waals surface area contributed by atoms with E-state index in [0.29, 0.717) is 51.1 Å². The van der Waals surface area contributed by atoms with Crippen molar-refractivity contribution in [3.05, 3.63) is 0 Å². The van der Waals surface area contributed by atoms with E-state index in [-0.39, 0.29) is 5.97 Å². The van der Waals surface area contributed by atoms with Gasteiger partial charge in [0.25, 0.3) is 0 Å². The van der Waals surface area contributed by atoms with Gasteiger partial charge in [-0.05, 0) is 24.7 Å². The highest BCUT2D eigenvalue weighted by Gasteiger charge is 2.03. The molecule has 0 saturated carbocycles. The van der Waals surface area contributed by atoms with E-state index in [9.17, 15) is 4.79 Å². The third-order valence-electron chi connectivity index (χ3n) is 2.45. The van der Waals surface area contributed by atoms with E-state index in [1.54, 1.807) is 0 Å². The monoisotopic (exact) mass is 274 g/mol. The molecule has 0 aromatic carbocycles. The average Bonchev–Trinajstić information content (AvgIpc) is 2.31. The van der Waals surface area contributed by atoms with Crippen LogP contribution in [-0.2, 0) is 19.0 Å². The van der Waals surface area contributed by atoms with Crippen molar-refractivity contribution >= 4 is 5.97 Å². The summed E-state index contributed by atoms with van der Waals surface area (Å²) in [5.41, 5.74) is 0. The highest BCUT2D eigenvalue weighted by Crippen LogP contribution is 2.01. The van der Waals surface area contributed by atoms with Crippen LogP contribution in [0, 0.1) is 11.8 Å². The number of hydrogen-bond donors (Lipinski definition) is 0.